The molecule has 0 atom stereocenters. The molecule has 3 rings (SSSR count). The number of carbonyl (C=O) groups excluding carboxylic acids is 2. The normalized spacial score (nSPS) is 13.0. The predicted octanol–water partition coefficient (Wildman–Crippen LogP) is 2.12. The van der Waals surface area contributed by atoms with Crippen molar-refractivity contribution in [2.75, 3.05) is 23.4 Å². The predicted molar refractivity (Wildman–Crippen MR) is 91.5 cm³/mol. The highest BCUT2D eigenvalue weighted by Gasteiger charge is 2.33. The van der Waals surface area contributed by atoms with Gasteiger partial charge in [0.2, 0.25) is 5.91 Å². The number of hydrogen-bond donors (Lipinski definition) is 1. The molecule has 1 aliphatic heterocycles. The summed E-state index contributed by atoms with van der Waals surface area (Å²) in [7, 11) is 0. The maximum atomic E-state index is 12.3. The molecule has 2 amide bonds. The van der Waals surface area contributed by atoms with E-state index in [2.05, 4.69) is 26.2 Å². The number of fused-ring (bicyclic) bond motifs is 1. The second-order valence-corrected chi connectivity index (χ2v) is 5.90. The van der Waals surface area contributed by atoms with Crippen LogP contribution in [0.5, 0.6) is 5.75 Å². The van der Waals surface area contributed by atoms with Gasteiger partial charge in [0.1, 0.15) is 6.54 Å². The van der Waals surface area contributed by atoms with Crippen LogP contribution >= 0.6 is 15.9 Å². The van der Waals surface area contributed by atoms with Gasteiger partial charge in [-0.05, 0) is 44.0 Å². The van der Waals surface area contributed by atoms with Crippen molar-refractivity contribution in [1.82, 2.24) is 4.98 Å². The Kier molecular flexibility index (Phi) is 4.61. The number of rotatable bonds is 4. The van der Waals surface area contributed by atoms with Gasteiger partial charge in [-0.25, -0.2) is 0 Å². The van der Waals surface area contributed by atoms with Crippen molar-refractivity contribution in [3.8, 4) is 5.75 Å². The van der Waals surface area contributed by atoms with Gasteiger partial charge in [-0.15, -0.1) is 0 Å². The lowest BCUT2D eigenvalue weighted by atomic mass is 10.3. The molecule has 1 aromatic carbocycles. The third kappa shape index (κ3) is 3.58. The fraction of sp³-hybridized carbons (Fsp3) is 0.133. The zero-order chi connectivity index (χ0) is 18.0. The van der Waals surface area contributed by atoms with E-state index < -0.39 is 22.6 Å². The average Bonchev–Trinajstić information content (AvgIpc) is 2.59. The van der Waals surface area contributed by atoms with E-state index in [1.165, 1.54) is 12.1 Å². The Bertz CT molecular complexity index is 873. The number of amides is 2. The molecule has 1 N–H and O–H groups in total. The lowest BCUT2D eigenvalue weighted by Crippen LogP contribution is -2.44. The molecule has 0 aliphatic carbocycles. The molecule has 2 aromatic rings. The maximum absolute atomic E-state index is 12.3. The number of ether oxygens (including phenoxy) is 1. The van der Waals surface area contributed by atoms with Crippen LogP contribution in [-0.4, -0.2) is 34.9 Å². The summed E-state index contributed by atoms with van der Waals surface area (Å²) in [4.78, 5) is 39.5. The number of nitrogens with one attached hydrogen (secondary N) is 1. The van der Waals surface area contributed by atoms with E-state index in [-0.39, 0.29) is 24.7 Å². The van der Waals surface area contributed by atoms with Gasteiger partial charge < -0.3 is 20.2 Å². The smallest absolute Gasteiger partial charge is 0.366 e. The monoisotopic (exact) mass is 406 g/mol. The van der Waals surface area contributed by atoms with Crippen LogP contribution in [0, 0.1) is 10.1 Å². The molecule has 0 fully saturated rings. The Hall–Kier alpha value is -3.01. The minimum absolute atomic E-state index is 0.0484. The van der Waals surface area contributed by atoms with E-state index in [9.17, 15) is 19.7 Å². The number of benzene rings is 1. The SMILES string of the molecule is O=C(CN1C(=O)COc2ccc([N+](=O)[O-])nc21)Nc1ccccc1Br. The highest BCUT2D eigenvalue weighted by Crippen LogP contribution is 2.32. The Balaban J connectivity index is 1.84. The first kappa shape index (κ1) is 16.8. The molecule has 0 saturated heterocycles. The van der Waals surface area contributed by atoms with Gasteiger partial charge in [0.05, 0.1) is 5.69 Å². The van der Waals surface area contributed by atoms with Crippen LogP contribution in [-0.2, 0) is 9.59 Å². The summed E-state index contributed by atoms with van der Waals surface area (Å²) < 4.78 is 5.89. The quantitative estimate of drug-likeness (QED) is 0.614. The summed E-state index contributed by atoms with van der Waals surface area (Å²) in [6, 6.07) is 9.53. The van der Waals surface area contributed by atoms with Crippen LogP contribution in [0.2, 0.25) is 0 Å². The molecule has 10 heteroatoms. The molecule has 1 aliphatic rings. The van der Waals surface area contributed by atoms with Gasteiger partial charge in [-0.1, -0.05) is 12.1 Å². The lowest BCUT2D eigenvalue weighted by molar-refractivity contribution is -0.389. The zero-order valence-electron chi connectivity index (χ0n) is 12.6. The third-order valence-corrected chi connectivity index (χ3v) is 4.06. The number of hydrogen-bond acceptors (Lipinski definition) is 6. The first-order valence-electron chi connectivity index (χ1n) is 7.08. The van der Waals surface area contributed by atoms with Crippen LogP contribution in [0.3, 0.4) is 0 Å². The number of nitro groups is 1. The number of halogens is 1. The van der Waals surface area contributed by atoms with E-state index in [0.717, 1.165) is 4.90 Å². The van der Waals surface area contributed by atoms with Gasteiger partial charge in [0.25, 0.3) is 11.7 Å². The highest BCUT2D eigenvalue weighted by molar-refractivity contribution is 9.10. The van der Waals surface area contributed by atoms with Gasteiger partial charge in [-0.2, -0.15) is 0 Å². The molecule has 0 radical (unpaired) electrons. The van der Waals surface area contributed by atoms with E-state index in [1.54, 1.807) is 24.3 Å². The molecule has 0 saturated carbocycles. The Labute approximate surface area is 149 Å². The molecule has 0 bridgehead atoms. The molecule has 0 unspecified atom stereocenters. The summed E-state index contributed by atoms with van der Waals surface area (Å²) in [6.07, 6.45) is 0. The molecule has 1 aromatic heterocycles. The molecular weight excluding hydrogens is 396 g/mol. The minimum atomic E-state index is -0.682. The fourth-order valence-corrected chi connectivity index (χ4v) is 2.61. The van der Waals surface area contributed by atoms with Crippen molar-refractivity contribution >= 4 is 45.1 Å². The summed E-state index contributed by atoms with van der Waals surface area (Å²) in [6.45, 7) is -0.612. The Morgan fingerprint density at radius 2 is 2.12 bits per heavy atom. The fourth-order valence-electron chi connectivity index (χ4n) is 2.23. The second-order valence-electron chi connectivity index (χ2n) is 5.04. The summed E-state index contributed by atoms with van der Waals surface area (Å²) in [5, 5.41) is 13.6. The topological polar surface area (TPSA) is 115 Å². The van der Waals surface area contributed by atoms with Crippen LogP contribution in [0.25, 0.3) is 0 Å². The molecule has 9 nitrogen and oxygen atoms in total. The van der Waals surface area contributed by atoms with E-state index >= 15 is 0 Å². The van der Waals surface area contributed by atoms with E-state index in [4.69, 9.17) is 4.74 Å². The number of nitrogens with zero attached hydrogens (tertiary/aromatic N) is 3. The number of anilines is 2. The largest absolute Gasteiger partial charge is 0.477 e. The number of carbonyl (C=O) groups is 2. The zero-order valence-corrected chi connectivity index (χ0v) is 14.2. The molecule has 2 heterocycles. The number of aromatic nitrogens is 1. The van der Waals surface area contributed by atoms with E-state index in [0.29, 0.717) is 10.2 Å². The molecule has 0 spiro atoms. The van der Waals surface area contributed by atoms with Crippen LogP contribution < -0.4 is 15.0 Å². The van der Waals surface area contributed by atoms with Crippen molar-refractivity contribution in [2.24, 2.45) is 0 Å². The molecular formula is C15H11BrN4O5. The standard InChI is InChI=1S/C15H11BrN4O5/c16-9-3-1-2-4-10(9)17-13(21)7-19-14(22)8-25-11-5-6-12(20(23)24)18-15(11)19/h1-6H,7-8H2,(H,17,21). The number of pyridine rings is 1. The van der Waals surface area contributed by atoms with Crippen LogP contribution in [0.1, 0.15) is 0 Å². The minimum Gasteiger partial charge on any atom is -0.477 e. The van der Waals surface area contributed by atoms with Crippen molar-refractivity contribution in [1.29, 1.82) is 0 Å². The second kappa shape index (κ2) is 6.85. The van der Waals surface area contributed by atoms with Crippen molar-refractivity contribution in [3.63, 3.8) is 0 Å². The highest BCUT2D eigenvalue weighted by atomic mass is 79.9. The van der Waals surface area contributed by atoms with Crippen LogP contribution in [0.4, 0.5) is 17.3 Å². The maximum Gasteiger partial charge on any atom is 0.366 e. The van der Waals surface area contributed by atoms with E-state index in [1.807, 2.05) is 0 Å². The summed E-state index contributed by atoms with van der Waals surface area (Å²) in [5.74, 6) is -1.26. The average molecular weight is 407 g/mol. The Morgan fingerprint density at radius 3 is 2.84 bits per heavy atom. The molecule has 25 heavy (non-hydrogen) atoms. The van der Waals surface area contributed by atoms with Gasteiger partial charge in [-0.3, -0.25) is 14.5 Å². The molecule has 128 valence electrons. The first-order chi connectivity index (χ1) is 12.0. The third-order valence-electron chi connectivity index (χ3n) is 3.37. The van der Waals surface area contributed by atoms with Crippen molar-refractivity contribution in [3.05, 3.63) is 51.0 Å². The van der Waals surface area contributed by atoms with Gasteiger partial charge >= 0.3 is 5.82 Å². The first-order valence-corrected chi connectivity index (χ1v) is 7.88. The van der Waals surface area contributed by atoms with Crippen LogP contribution in [0.15, 0.2) is 40.9 Å². The van der Waals surface area contributed by atoms with Gasteiger partial charge in [0.15, 0.2) is 12.4 Å². The van der Waals surface area contributed by atoms with Crippen molar-refractivity contribution in [2.45, 2.75) is 0 Å². The summed E-state index contributed by atoms with van der Waals surface area (Å²) in [5.41, 5.74) is 0.542. The van der Waals surface area contributed by atoms with Gasteiger partial charge in [0, 0.05) is 10.5 Å². The number of para-hydroxylation sites is 1. The summed E-state index contributed by atoms with van der Waals surface area (Å²) >= 11 is 3.31. The van der Waals surface area contributed by atoms with Crippen molar-refractivity contribution < 1.29 is 19.2 Å². The lowest BCUT2D eigenvalue weighted by Gasteiger charge is -2.24. The Morgan fingerprint density at radius 1 is 1.36 bits per heavy atom.